The van der Waals surface area contributed by atoms with Crippen molar-refractivity contribution in [1.29, 1.82) is 0 Å². The quantitative estimate of drug-likeness (QED) is 0.548. The maximum absolute atomic E-state index is 12.0. The van der Waals surface area contributed by atoms with E-state index in [-0.39, 0.29) is 6.61 Å². The lowest BCUT2D eigenvalue weighted by Crippen LogP contribution is -2.62. The second-order valence-corrected chi connectivity index (χ2v) is 5.88. The first kappa shape index (κ1) is 20.8. The normalized spacial score (nSPS) is 27.5. The van der Waals surface area contributed by atoms with Crippen LogP contribution in [0.5, 0.6) is 0 Å². The standard InChI is InChI=1S/C18H22O9/c1-10(19)25-14-13(24-9-12-7-5-4-6-8-12)15(26-11(2)20)18(22)27-16(14)17(21)23-3/h4-8,13-16,18,22H,9H2,1-3H3/t13-,14-,15+,16+,18?/m0/s1. The van der Waals surface area contributed by atoms with Crippen LogP contribution in [0.1, 0.15) is 19.4 Å². The molecule has 9 nitrogen and oxygen atoms in total. The fourth-order valence-electron chi connectivity index (χ4n) is 2.73. The minimum atomic E-state index is -1.68. The van der Waals surface area contributed by atoms with Crippen molar-refractivity contribution in [3.05, 3.63) is 35.9 Å². The highest BCUT2D eigenvalue weighted by molar-refractivity contribution is 5.76. The van der Waals surface area contributed by atoms with Crippen molar-refractivity contribution < 1.29 is 43.2 Å². The van der Waals surface area contributed by atoms with E-state index in [4.69, 9.17) is 18.9 Å². The highest BCUT2D eigenvalue weighted by atomic mass is 16.7. The van der Waals surface area contributed by atoms with Gasteiger partial charge in [0.1, 0.15) is 6.10 Å². The molecule has 1 N–H and O–H groups in total. The zero-order chi connectivity index (χ0) is 20.0. The van der Waals surface area contributed by atoms with E-state index < -0.39 is 48.6 Å². The van der Waals surface area contributed by atoms with E-state index in [1.165, 1.54) is 0 Å². The summed E-state index contributed by atoms with van der Waals surface area (Å²) >= 11 is 0. The summed E-state index contributed by atoms with van der Waals surface area (Å²) < 4.78 is 25.9. The van der Waals surface area contributed by atoms with Crippen molar-refractivity contribution in [3.8, 4) is 0 Å². The van der Waals surface area contributed by atoms with Crippen LogP contribution in [0.4, 0.5) is 0 Å². The van der Waals surface area contributed by atoms with E-state index in [0.29, 0.717) is 0 Å². The monoisotopic (exact) mass is 382 g/mol. The smallest absolute Gasteiger partial charge is 0.339 e. The number of ether oxygens (including phenoxy) is 5. The van der Waals surface area contributed by atoms with Crippen LogP contribution in [0.3, 0.4) is 0 Å². The average molecular weight is 382 g/mol. The van der Waals surface area contributed by atoms with Gasteiger partial charge in [0.2, 0.25) is 0 Å². The van der Waals surface area contributed by atoms with E-state index in [9.17, 15) is 19.5 Å². The van der Waals surface area contributed by atoms with Crippen LogP contribution in [0.25, 0.3) is 0 Å². The van der Waals surface area contributed by atoms with Crippen LogP contribution in [0, 0.1) is 0 Å². The lowest BCUT2D eigenvalue weighted by molar-refractivity contribution is -0.295. The predicted molar refractivity (Wildman–Crippen MR) is 89.0 cm³/mol. The third-order valence-corrected chi connectivity index (χ3v) is 3.84. The molecule has 0 saturated carbocycles. The van der Waals surface area contributed by atoms with Crippen molar-refractivity contribution in [3.63, 3.8) is 0 Å². The Kier molecular flexibility index (Phi) is 7.28. The molecule has 0 amide bonds. The van der Waals surface area contributed by atoms with Gasteiger partial charge in [0, 0.05) is 13.8 Å². The number of hydrogen-bond donors (Lipinski definition) is 1. The predicted octanol–water partition coefficient (Wildman–Crippen LogP) is 0.325. The molecule has 1 aliphatic heterocycles. The van der Waals surface area contributed by atoms with Gasteiger partial charge in [-0.25, -0.2) is 4.79 Å². The molecule has 148 valence electrons. The summed E-state index contributed by atoms with van der Waals surface area (Å²) in [6.07, 6.45) is -6.87. The Hall–Kier alpha value is -2.49. The number of aliphatic hydroxyl groups is 1. The molecule has 1 aromatic rings. The van der Waals surface area contributed by atoms with E-state index in [2.05, 4.69) is 4.74 Å². The Balaban J connectivity index is 2.32. The summed E-state index contributed by atoms with van der Waals surface area (Å²) in [6, 6.07) is 9.05. The highest BCUT2D eigenvalue weighted by Crippen LogP contribution is 2.29. The second-order valence-electron chi connectivity index (χ2n) is 5.88. The fraction of sp³-hybridized carbons (Fsp3) is 0.500. The van der Waals surface area contributed by atoms with Crippen LogP contribution < -0.4 is 0 Å². The van der Waals surface area contributed by atoms with Gasteiger partial charge in [0.05, 0.1) is 13.7 Å². The van der Waals surface area contributed by atoms with Crippen LogP contribution in [0.2, 0.25) is 0 Å². The van der Waals surface area contributed by atoms with Crippen LogP contribution in [0.15, 0.2) is 30.3 Å². The largest absolute Gasteiger partial charge is 0.467 e. The molecule has 1 aliphatic rings. The molecule has 0 aromatic heterocycles. The number of rotatable bonds is 6. The summed E-state index contributed by atoms with van der Waals surface area (Å²) in [5.41, 5.74) is 0.788. The zero-order valence-corrected chi connectivity index (χ0v) is 15.2. The molecule has 0 spiro atoms. The Bertz CT molecular complexity index is 660. The molecule has 9 heteroatoms. The van der Waals surface area contributed by atoms with Crippen LogP contribution >= 0.6 is 0 Å². The second kappa shape index (κ2) is 9.45. The van der Waals surface area contributed by atoms with Gasteiger partial charge in [-0.05, 0) is 5.56 Å². The van der Waals surface area contributed by atoms with Crippen molar-refractivity contribution in [2.75, 3.05) is 7.11 Å². The number of carbonyl (C=O) groups excluding carboxylic acids is 3. The first-order valence-electron chi connectivity index (χ1n) is 8.24. The zero-order valence-electron chi connectivity index (χ0n) is 15.2. The lowest BCUT2D eigenvalue weighted by atomic mass is 9.97. The molecule has 1 saturated heterocycles. The van der Waals surface area contributed by atoms with Gasteiger partial charge in [0.15, 0.2) is 24.6 Å². The van der Waals surface area contributed by atoms with Gasteiger partial charge in [-0.2, -0.15) is 0 Å². The molecular weight excluding hydrogens is 360 g/mol. The molecule has 2 rings (SSSR count). The number of methoxy groups -OCH3 is 1. The summed E-state index contributed by atoms with van der Waals surface area (Å²) in [5, 5.41) is 10.2. The van der Waals surface area contributed by atoms with Gasteiger partial charge in [-0.3, -0.25) is 9.59 Å². The molecule has 1 heterocycles. The van der Waals surface area contributed by atoms with E-state index in [1.807, 2.05) is 18.2 Å². The molecule has 1 fully saturated rings. The van der Waals surface area contributed by atoms with Crippen LogP contribution in [-0.4, -0.2) is 60.8 Å². The first-order valence-corrected chi connectivity index (χ1v) is 8.24. The Labute approximate surface area is 156 Å². The maximum Gasteiger partial charge on any atom is 0.339 e. The number of esters is 3. The molecule has 0 bridgehead atoms. The maximum atomic E-state index is 12.0. The van der Waals surface area contributed by atoms with E-state index in [1.54, 1.807) is 12.1 Å². The van der Waals surface area contributed by atoms with Gasteiger partial charge >= 0.3 is 17.9 Å². The summed E-state index contributed by atoms with van der Waals surface area (Å²) in [4.78, 5) is 35.0. The van der Waals surface area contributed by atoms with Gasteiger partial charge in [-0.1, -0.05) is 30.3 Å². The van der Waals surface area contributed by atoms with E-state index in [0.717, 1.165) is 26.5 Å². The molecule has 1 unspecified atom stereocenters. The topological polar surface area (TPSA) is 118 Å². The molecular formula is C18H22O9. The summed E-state index contributed by atoms with van der Waals surface area (Å²) in [7, 11) is 1.13. The number of hydrogen-bond acceptors (Lipinski definition) is 9. The van der Waals surface area contributed by atoms with Crippen molar-refractivity contribution in [1.82, 2.24) is 0 Å². The Morgan fingerprint density at radius 3 is 2.15 bits per heavy atom. The fourth-order valence-corrected chi connectivity index (χ4v) is 2.73. The summed E-state index contributed by atoms with van der Waals surface area (Å²) in [5.74, 6) is -2.27. The minimum Gasteiger partial charge on any atom is -0.467 e. The Morgan fingerprint density at radius 1 is 1.00 bits per heavy atom. The van der Waals surface area contributed by atoms with Crippen molar-refractivity contribution in [2.45, 2.75) is 51.2 Å². The van der Waals surface area contributed by atoms with Gasteiger partial charge in [0.25, 0.3) is 0 Å². The third kappa shape index (κ3) is 5.49. The van der Waals surface area contributed by atoms with Gasteiger partial charge < -0.3 is 28.8 Å². The van der Waals surface area contributed by atoms with Crippen LogP contribution in [-0.2, 0) is 44.7 Å². The number of benzene rings is 1. The SMILES string of the molecule is COC(=O)[C@@H]1OC(O)[C@H](OC(C)=O)[C@@H](OCc2ccccc2)[C@@H]1OC(C)=O. The highest BCUT2D eigenvalue weighted by Gasteiger charge is 2.53. The number of aliphatic hydroxyl groups excluding tert-OH is 1. The summed E-state index contributed by atoms with van der Waals surface area (Å²) in [6.45, 7) is 2.35. The van der Waals surface area contributed by atoms with Gasteiger partial charge in [-0.15, -0.1) is 0 Å². The Morgan fingerprint density at radius 2 is 1.59 bits per heavy atom. The average Bonchev–Trinajstić information content (AvgIpc) is 2.63. The molecule has 5 atom stereocenters. The third-order valence-electron chi connectivity index (χ3n) is 3.84. The van der Waals surface area contributed by atoms with Crippen molar-refractivity contribution >= 4 is 17.9 Å². The number of carbonyl (C=O) groups is 3. The first-order chi connectivity index (χ1) is 12.8. The van der Waals surface area contributed by atoms with E-state index >= 15 is 0 Å². The molecule has 1 aromatic carbocycles. The molecule has 27 heavy (non-hydrogen) atoms. The molecule has 0 radical (unpaired) electrons. The lowest BCUT2D eigenvalue weighted by Gasteiger charge is -2.42. The minimum absolute atomic E-state index is 0.0572. The molecule has 0 aliphatic carbocycles. The van der Waals surface area contributed by atoms with Crippen molar-refractivity contribution in [2.24, 2.45) is 0 Å².